The summed E-state index contributed by atoms with van der Waals surface area (Å²) >= 11 is 0. The summed E-state index contributed by atoms with van der Waals surface area (Å²) in [5.41, 5.74) is 0. The lowest BCUT2D eigenvalue weighted by molar-refractivity contribution is 0.485. The van der Waals surface area contributed by atoms with Crippen LogP contribution in [-0.4, -0.2) is 26.7 Å². The van der Waals surface area contributed by atoms with Gasteiger partial charge < -0.3 is 10.6 Å². The van der Waals surface area contributed by atoms with Crippen molar-refractivity contribution < 1.29 is 0 Å². The van der Waals surface area contributed by atoms with E-state index in [9.17, 15) is 0 Å². The van der Waals surface area contributed by atoms with Gasteiger partial charge >= 0.3 is 0 Å². The molecule has 2 N–H and O–H groups in total. The van der Waals surface area contributed by atoms with E-state index >= 15 is 0 Å². The van der Waals surface area contributed by atoms with Crippen molar-refractivity contribution in [1.29, 1.82) is 0 Å². The van der Waals surface area contributed by atoms with Crippen LogP contribution >= 0.6 is 0 Å². The van der Waals surface area contributed by atoms with Crippen LogP contribution in [-0.2, 0) is 0 Å². The summed E-state index contributed by atoms with van der Waals surface area (Å²) in [6.07, 6.45) is 1.27. The van der Waals surface area contributed by atoms with Crippen LogP contribution in [0.25, 0.3) is 0 Å². The fourth-order valence-electron chi connectivity index (χ4n) is 0.976. The van der Waals surface area contributed by atoms with Gasteiger partial charge in [0, 0.05) is 0 Å². The highest BCUT2D eigenvalue weighted by molar-refractivity contribution is 4.56. The minimum atomic E-state index is 0.795. The van der Waals surface area contributed by atoms with Gasteiger partial charge in [0.25, 0.3) is 0 Å². The molecule has 0 aliphatic rings. The van der Waals surface area contributed by atoms with E-state index in [1.165, 1.54) is 6.42 Å². The maximum absolute atomic E-state index is 3.31. The maximum Gasteiger partial charge on any atom is -0.00257 e. The van der Waals surface area contributed by atoms with Crippen molar-refractivity contribution in [1.82, 2.24) is 10.6 Å². The Balaban J connectivity index is 0. The van der Waals surface area contributed by atoms with Gasteiger partial charge in [0.15, 0.2) is 0 Å². The predicted octanol–water partition coefficient (Wildman–Crippen LogP) is 1.87. The fraction of sp³-hybridized carbons (Fsp3) is 1.00. The van der Waals surface area contributed by atoms with Gasteiger partial charge in [-0.25, -0.2) is 0 Å². The van der Waals surface area contributed by atoms with E-state index in [1.54, 1.807) is 0 Å². The van der Waals surface area contributed by atoms with Crippen molar-refractivity contribution >= 4 is 0 Å². The summed E-state index contributed by atoms with van der Waals surface area (Å²) in [5, 5.41) is 6.48. The van der Waals surface area contributed by atoms with E-state index < -0.39 is 0 Å². The first kappa shape index (κ1) is 14.4. The standard InChI is InChI=1S/C8H20N2.C2H6/c1-4-10-6-5-8(2)7-9-3;1-2/h8-10H,4-7H2,1-3H3;1-2H3. The summed E-state index contributed by atoms with van der Waals surface area (Å²) in [5.74, 6) is 0.795. The van der Waals surface area contributed by atoms with Crippen LogP contribution < -0.4 is 10.6 Å². The van der Waals surface area contributed by atoms with Crippen LogP contribution in [0.5, 0.6) is 0 Å². The third kappa shape index (κ3) is 12.6. The second-order valence-corrected chi connectivity index (χ2v) is 2.81. The molecule has 76 valence electrons. The van der Waals surface area contributed by atoms with Crippen molar-refractivity contribution in [3.8, 4) is 0 Å². The van der Waals surface area contributed by atoms with Gasteiger partial charge in [0.2, 0.25) is 0 Å². The Morgan fingerprint density at radius 1 is 1.25 bits per heavy atom. The first-order valence-corrected chi connectivity index (χ1v) is 5.16. The van der Waals surface area contributed by atoms with E-state index in [1.807, 2.05) is 20.9 Å². The van der Waals surface area contributed by atoms with Gasteiger partial charge in [-0.15, -0.1) is 0 Å². The zero-order valence-electron chi connectivity index (χ0n) is 9.41. The third-order valence-corrected chi connectivity index (χ3v) is 1.62. The summed E-state index contributed by atoms with van der Waals surface area (Å²) in [6, 6.07) is 0. The molecule has 2 heteroatoms. The van der Waals surface area contributed by atoms with Gasteiger partial charge in [0.05, 0.1) is 0 Å². The van der Waals surface area contributed by atoms with Crippen molar-refractivity contribution in [3.05, 3.63) is 0 Å². The van der Waals surface area contributed by atoms with Crippen LogP contribution in [0.2, 0.25) is 0 Å². The van der Waals surface area contributed by atoms with E-state index in [0.29, 0.717) is 0 Å². The lowest BCUT2D eigenvalue weighted by Crippen LogP contribution is -2.22. The molecule has 0 spiro atoms. The monoisotopic (exact) mass is 174 g/mol. The van der Waals surface area contributed by atoms with Crippen molar-refractivity contribution in [2.45, 2.75) is 34.1 Å². The van der Waals surface area contributed by atoms with Gasteiger partial charge in [0.1, 0.15) is 0 Å². The molecular formula is C10H26N2. The zero-order chi connectivity index (χ0) is 9.82. The SMILES string of the molecule is CC.CCNCCC(C)CNC. The summed E-state index contributed by atoms with van der Waals surface area (Å²) < 4.78 is 0. The van der Waals surface area contributed by atoms with Gasteiger partial charge in [-0.05, 0) is 39.0 Å². The Morgan fingerprint density at radius 3 is 2.25 bits per heavy atom. The van der Waals surface area contributed by atoms with Gasteiger partial charge in [-0.2, -0.15) is 0 Å². The lowest BCUT2D eigenvalue weighted by Gasteiger charge is -2.09. The van der Waals surface area contributed by atoms with Crippen LogP contribution in [0.1, 0.15) is 34.1 Å². The molecule has 0 saturated heterocycles. The average Bonchev–Trinajstić information content (AvgIpc) is 2.09. The Hall–Kier alpha value is -0.0800. The molecule has 0 saturated carbocycles. The molecule has 0 aromatic rings. The van der Waals surface area contributed by atoms with E-state index in [-0.39, 0.29) is 0 Å². The molecule has 0 fully saturated rings. The molecule has 0 rings (SSSR count). The smallest absolute Gasteiger partial charge is 0.00257 e. The molecular weight excluding hydrogens is 148 g/mol. The Bertz CT molecular complexity index is 64.9. The first-order valence-electron chi connectivity index (χ1n) is 5.16. The molecule has 0 aliphatic carbocycles. The van der Waals surface area contributed by atoms with Crippen LogP contribution in [0.4, 0.5) is 0 Å². The third-order valence-electron chi connectivity index (χ3n) is 1.62. The molecule has 2 nitrogen and oxygen atoms in total. The van der Waals surface area contributed by atoms with Crippen molar-refractivity contribution in [3.63, 3.8) is 0 Å². The fourth-order valence-corrected chi connectivity index (χ4v) is 0.976. The highest BCUT2D eigenvalue weighted by Gasteiger charge is 1.97. The zero-order valence-corrected chi connectivity index (χ0v) is 9.41. The molecule has 1 unspecified atom stereocenters. The largest absolute Gasteiger partial charge is 0.319 e. The molecule has 0 amide bonds. The van der Waals surface area contributed by atoms with Crippen LogP contribution in [0.15, 0.2) is 0 Å². The predicted molar refractivity (Wildman–Crippen MR) is 57.6 cm³/mol. The molecule has 0 aromatic heterocycles. The Kier molecular flexibility index (Phi) is 16.3. The molecule has 0 bridgehead atoms. The first-order chi connectivity index (χ1) is 5.81. The van der Waals surface area contributed by atoms with E-state index in [2.05, 4.69) is 24.5 Å². The Labute approximate surface area is 78.1 Å². The second kappa shape index (κ2) is 13.5. The highest BCUT2D eigenvalue weighted by atomic mass is 14.8. The van der Waals surface area contributed by atoms with E-state index in [4.69, 9.17) is 0 Å². The molecule has 0 radical (unpaired) electrons. The maximum atomic E-state index is 3.31. The molecule has 0 aliphatic heterocycles. The van der Waals surface area contributed by atoms with Crippen LogP contribution in [0, 0.1) is 5.92 Å². The summed E-state index contributed by atoms with van der Waals surface area (Å²) in [7, 11) is 2.00. The number of nitrogens with one attached hydrogen (secondary N) is 2. The lowest BCUT2D eigenvalue weighted by atomic mass is 10.1. The van der Waals surface area contributed by atoms with Gasteiger partial charge in [-0.1, -0.05) is 27.7 Å². The summed E-state index contributed by atoms with van der Waals surface area (Å²) in [4.78, 5) is 0. The normalized spacial score (nSPS) is 11.8. The van der Waals surface area contributed by atoms with Crippen molar-refractivity contribution in [2.75, 3.05) is 26.7 Å². The highest BCUT2D eigenvalue weighted by Crippen LogP contribution is 1.96. The molecule has 1 atom stereocenters. The minimum Gasteiger partial charge on any atom is -0.319 e. The molecule has 0 heterocycles. The molecule has 12 heavy (non-hydrogen) atoms. The minimum absolute atomic E-state index is 0.795. The van der Waals surface area contributed by atoms with Crippen LogP contribution in [0.3, 0.4) is 0 Å². The second-order valence-electron chi connectivity index (χ2n) is 2.81. The van der Waals surface area contributed by atoms with Crippen molar-refractivity contribution in [2.24, 2.45) is 5.92 Å². The van der Waals surface area contributed by atoms with E-state index in [0.717, 1.165) is 25.6 Å². The Morgan fingerprint density at radius 2 is 1.83 bits per heavy atom. The number of hydrogen-bond donors (Lipinski definition) is 2. The average molecular weight is 174 g/mol. The van der Waals surface area contributed by atoms with Gasteiger partial charge in [-0.3, -0.25) is 0 Å². The quantitative estimate of drug-likeness (QED) is 0.601. The molecule has 0 aromatic carbocycles. The summed E-state index contributed by atoms with van der Waals surface area (Å²) in [6.45, 7) is 11.8. The number of hydrogen-bond acceptors (Lipinski definition) is 2. The topological polar surface area (TPSA) is 24.1 Å². The number of rotatable bonds is 6.